The molecular formula is C20H24O4. The van der Waals surface area contributed by atoms with Crippen molar-refractivity contribution in [2.45, 2.75) is 51.2 Å². The van der Waals surface area contributed by atoms with E-state index in [4.69, 9.17) is 14.2 Å². The van der Waals surface area contributed by atoms with Gasteiger partial charge in [-0.05, 0) is 18.1 Å². The third kappa shape index (κ3) is 4.65. The Hall–Kier alpha value is -1.72. The van der Waals surface area contributed by atoms with Crippen molar-refractivity contribution in [3.05, 3.63) is 71.8 Å². The lowest BCUT2D eigenvalue weighted by atomic mass is 10.0. The van der Waals surface area contributed by atoms with Crippen LogP contribution in [0.1, 0.15) is 24.5 Å². The number of aliphatic hydroxyl groups excluding tert-OH is 1. The Balaban J connectivity index is 1.61. The molecule has 4 nitrogen and oxygen atoms in total. The summed E-state index contributed by atoms with van der Waals surface area (Å²) in [6.45, 7) is 2.86. The van der Waals surface area contributed by atoms with Crippen molar-refractivity contribution >= 4 is 0 Å². The summed E-state index contributed by atoms with van der Waals surface area (Å²) in [7, 11) is 0. The summed E-state index contributed by atoms with van der Waals surface area (Å²) in [6.07, 6.45) is -1.03. The summed E-state index contributed by atoms with van der Waals surface area (Å²) in [5.41, 5.74) is 2.16. The largest absolute Gasteiger partial charge is 0.371 e. The monoisotopic (exact) mass is 328 g/mol. The van der Waals surface area contributed by atoms with E-state index in [1.807, 2.05) is 67.6 Å². The molecule has 1 aliphatic rings. The van der Waals surface area contributed by atoms with Gasteiger partial charge in [0.05, 0.1) is 25.4 Å². The standard InChI is InChI=1S/C20H24O4/c1-15-12-18(22-13-16-8-4-2-5-9-16)19(20(21)24-15)23-14-17-10-6-3-7-11-17/h2-11,15,18-21H,12-14H2,1H3/t15-,18+,19+,20-/m1/s1. The normalized spacial score (nSPS) is 27.1. The van der Waals surface area contributed by atoms with Crippen LogP contribution < -0.4 is 0 Å². The lowest BCUT2D eigenvalue weighted by molar-refractivity contribution is -0.268. The van der Waals surface area contributed by atoms with Gasteiger partial charge in [0.25, 0.3) is 0 Å². The van der Waals surface area contributed by atoms with Crippen LogP contribution >= 0.6 is 0 Å². The van der Waals surface area contributed by atoms with Gasteiger partial charge in [0.15, 0.2) is 6.29 Å². The van der Waals surface area contributed by atoms with E-state index in [1.54, 1.807) is 0 Å². The minimum absolute atomic E-state index is 0.0580. The molecule has 24 heavy (non-hydrogen) atoms. The third-order valence-electron chi connectivity index (χ3n) is 4.18. The summed E-state index contributed by atoms with van der Waals surface area (Å²) in [5.74, 6) is 0. The van der Waals surface area contributed by atoms with Gasteiger partial charge >= 0.3 is 0 Å². The van der Waals surface area contributed by atoms with E-state index in [9.17, 15) is 5.11 Å². The zero-order chi connectivity index (χ0) is 16.8. The molecule has 2 aromatic carbocycles. The van der Waals surface area contributed by atoms with Gasteiger partial charge in [-0.25, -0.2) is 0 Å². The molecule has 0 aliphatic carbocycles. The average molecular weight is 328 g/mol. The van der Waals surface area contributed by atoms with Gasteiger partial charge in [-0.1, -0.05) is 60.7 Å². The quantitative estimate of drug-likeness (QED) is 0.884. The van der Waals surface area contributed by atoms with Crippen LogP contribution in [-0.4, -0.2) is 29.7 Å². The maximum Gasteiger partial charge on any atom is 0.184 e. The van der Waals surface area contributed by atoms with Crippen LogP contribution in [0, 0.1) is 0 Å². The molecule has 0 saturated carbocycles. The first-order valence-electron chi connectivity index (χ1n) is 8.37. The van der Waals surface area contributed by atoms with Crippen molar-refractivity contribution in [3.63, 3.8) is 0 Å². The van der Waals surface area contributed by atoms with Gasteiger partial charge < -0.3 is 19.3 Å². The molecule has 1 fully saturated rings. The number of benzene rings is 2. The van der Waals surface area contributed by atoms with E-state index in [0.717, 1.165) is 11.1 Å². The molecular weight excluding hydrogens is 304 g/mol. The highest BCUT2D eigenvalue weighted by atomic mass is 16.7. The van der Waals surface area contributed by atoms with Crippen LogP contribution in [0.25, 0.3) is 0 Å². The fourth-order valence-electron chi connectivity index (χ4n) is 2.91. The van der Waals surface area contributed by atoms with Crippen LogP contribution in [0.15, 0.2) is 60.7 Å². The summed E-state index contributed by atoms with van der Waals surface area (Å²) in [4.78, 5) is 0. The first-order chi connectivity index (χ1) is 11.7. The number of ether oxygens (including phenoxy) is 3. The second-order valence-electron chi connectivity index (χ2n) is 6.17. The van der Waals surface area contributed by atoms with Gasteiger partial charge in [-0.2, -0.15) is 0 Å². The summed E-state index contributed by atoms with van der Waals surface area (Å²) >= 11 is 0. The van der Waals surface area contributed by atoms with Gasteiger partial charge in [0, 0.05) is 6.42 Å². The predicted octanol–water partition coefficient (Wildman–Crippen LogP) is 3.28. The molecule has 1 saturated heterocycles. The smallest absolute Gasteiger partial charge is 0.184 e. The highest BCUT2D eigenvalue weighted by molar-refractivity contribution is 5.14. The Morgan fingerprint density at radius 1 is 0.917 bits per heavy atom. The topological polar surface area (TPSA) is 47.9 Å². The van der Waals surface area contributed by atoms with Gasteiger partial charge in [-0.15, -0.1) is 0 Å². The van der Waals surface area contributed by atoms with E-state index in [2.05, 4.69) is 0 Å². The molecule has 1 aliphatic heterocycles. The molecule has 0 radical (unpaired) electrons. The molecule has 2 aromatic rings. The van der Waals surface area contributed by atoms with Crippen molar-refractivity contribution < 1.29 is 19.3 Å². The minimum atomic E-state index is -0.974. The van der Waals surface area contributed by atoms with Gasteiger partial charge in [0.2, 0.25) is 0 Å². The van der Waals surface area contributed by atoms with E-state index in [-0.39, 0.29) is 12.2 Å². The predicted molar refractivity (Wildman–Crippen MR) is 91.2 cm³/mol. The van der Waals surface area contributed by atoms with Crippen molar-refractivity contribution in [1.82, 2.24) is 0 Å². The van der Waals surface area contributed by atoms with Gasteiger partial charge in [0.1, 0.15) is 6.10 Å². The van der Waals surface area contributed by atoms with Crippen molar-refractivity contribution in [3.8, 4) is 0 Å². The first-order valence-corrected chi connectivity index (χ1v) is 8.37. The second-order valence-corrected chi connectivity index (χ2v) is 6.17. The summed E-state index contributed by atoms with van der Waals surface area (Å²) < 4.78 is 17.5. The van der Waals surface area contributed by atoms with Crippen LogP contribution in [0.2, 0.25) is 0 Å². The number of rotatable bonds is 6. The van der Waals surface area contributed by atoms with Crippen LogP contribution in [0.5, 0.6) is 0 Å². The molecule has 0 bridgehead atoms. The molecule has 1 N–H and O–H groups in total. The van der Waals surface area contributed by atoms with Crippen LogP contribution in [-0.2, 0) is 27.4 Å². The van der Waals surface area contributed by atoms with Crippen molar-refractivity contribution in [1.29, 1.82) is 0 Å². The zero-order valence-corrected chi connectivity index (χ0v) is 13.9. The average Bonchev–Trinajstić information content (AvgIpc) is 2.61. The molecule has 0 amide bonds. The molecule has 3 rings (SSSR count). The number of aliphatic hydroxyl groups is 1. The highest BCUT2D eigenvalue weighted by Crippen LogP contribution is 2.25. The second kappa shape index (κ2) is 8.40. The maximum absolute atomic E-state index is 10.3. The van der Waals surface area contributed by atoms with E-state index < -0.39 is 12.4 Å². The van der Waals surface area contributed by atoms with E-state index in [0.29, 0.717) is 19.6 Å². The molecule has 4 heteroatoms. The fraction of sp³-hybridized carbons (Fsp3) is 0.400. The molecule has 0 spiro atoms. The van der Waals surface area contributed by atoms with Crippen molar-refractivity contribution in [2.24, 2.45) is 0 Å². The molecule has 4 atom stereocenters. The Kier molecular flexibility index (Phi) is 5.99. The fourth-order valence-corrected chi connectivity index (χ4v) is 2.91. The van der Waals surface area contributed by atoms with Gasteiger partial charge in [-0.3, -0.25) is 0 Å². The number of hydrogen-bond donors (Lipinski definition) is 1. The van der Waals surface area contributed by atoms with Crippen molar-refractivity contribution in [2.75, 3.05) is 0 Å². The first kappa shape index (κ1) is 17.1. The van der Waals surface area contributed by atoms with Crippen LogP contribution in [0.3, 0.4) is 0 Å². The lowest BCUT2D eigenvalue weighted by Crippen LogP contribution is -2.49. The SMILES string of the molecule is C[C@@H]1C[C@H](OCc2ccccc2)[C@H](OCc2ccccc2)[C@H](O)O1. The Labute approximate surface area is 143 Å². The number of hydrogen-bond acceptors (Lipinski definition) is 4. The highest BCUT2D eigenvalue weighted by Gasteiger charge is 2.38. The molecule has 128 valence electrons. The van der Waals surface area contributed by atoms with E-state index in [1.165, 1.54) is 0 Å². The Morgan fingerprint density at radius 2 is 1.46 bits per heavy atom. The Bertz CT molecular complexity index is 602. The molecule has 1 heterocycles. The third-order valence-corrected chi connectivity index (χ3v) is 4.18. The summed E-state index contributed by atoms with van der Waals surface area (Å²) in [5, 5.41) is 10.3. The lowest BCUT2D eigenvalue weighted by Gasteiger charge is -2.38. The maximum atomic E-state index is 10.3. The Morgan fingerprint density at radius 3 is 2.04 bits per heavy atom. The van der Waals surface area contributed by atoms with E-state index >= 15 is 0 Å². The zero-order valence-electron chi connectivity index (χ0n) is 13.9. The molecule has 0 unspecified atom stereocenters. The minimum Gasteiger partial charge on any atom is -0.371 e. The van der Waals surface area contributed by atoms with Crippen LogP contribution in [0.4, 0.5) is 0 Å². The molecule has 0 aromatic heterocycles. The summed E-state index contributed by atoms with van der Waals surface area (Å²) in [6, 6.07) is 19.9.